The van der Waals surface area contributed by atoms with Gasteiger partial charge in [-0.25, -0.2) is 9.59 Å². The quantitative estimate of drug-likeness (QED) is 0.224. The minimum atomic E-state index is -1.39. The van der Waals surface area contributed by atoms with E-state index in [1.807, 2.05) is 6.92 Å². The SMILES string of the molecule is C=CC(=O)OC(CCC)(CCCCCCCCCCCC)C(=O)O. The minimum absolute atomic E-state index is 0.347. The van der Waals surface area contributed by atoms with E-state index in [1.54, 1.807) is 0 Å². The van der Waals surface area contributed by atoms with Gasteiger partial charge in [0.2, 0.25) is 5.60 Å². The molecule has 4 nitrogen and oxygen atoms in total. The van der Waals surface area contributed by atoms with E-state index in [9.17, 15) is 14.7 Å². The van der Waals surface area contributed by atoms with Crippen molar-refractivity contribution in [1.29, 1.82) is 0 Å². The maximum Gasteiger partial charge on any atom is 0.348 e. The van der Waals surface area contributed by atoms with Crippen molar-refractivity contribution in [2.75, 3.05) is 0 Å². The van der Waals surface area contributed by atoms with E-state index in [0.29, 0.717) is 19.3 Å². The highest BCUT2D eigenvalue weighted by Gasteiger charge is 2.40. The van der Waals surface area contributed by atoms with Crippen LogP contribution in [0.2, 0.25) is 0 Å². The van der Waals surface area contributed by atoms with Gasteiger partial charge in [0.1, 0.15) is 0 Å². The number of unbranched alkanes of at least 4 members (excludes halogenated alkanes) is 9. The Bertz CT molecular complexity index is 365. The summed E-state index contributed by atoms with van der Waals surface area (Å²) in [5, 5.41) is 9.53. The standard InChI is InChI=1S/C20H36O4/c1-4-7-8-9-10-11-12-13-14-15-17-20(16-5-2,19(22)23)24-18(21)6-3/h6H,3-5,7-17H2,1-2H3,(H,22,23). The lowest BCUT2D eigenvalue weighted by Crippen LogP contribution is -2.43. The number of rotatable bonds is 16. The Labute approximate surface area is 147 Å². The third-order valence-electron chi connectivity index (χ3n) is 4.44. The lowest BCUT2D eigenvalue weighted by Gasteiger charge is -2.28. The number of hydrogen-bond donors (Lipinski definition) is 1. The number of ether oxygens (including phenoxy) is 1. The van der Waals surface area contributed by atoms with Crippen LogP contribution in [0.3, 0.4) is 0 Å². The largest absolute Gasteiger partial charge is 0.478 e. The summed E-state index contributed by atoms with van der Waals surface area (Å²) >= 11 is 0. The van der Waals surface area contributed by atoms with Crippen molar-refractivity contribution in [2.24, 2.45) is 0 Å². The van der Waals surface area contributed by atoms with Crippen LogP contribution in [0, 0.1) is 0 Å². The molecule has 0 amide bonds. The second-order valence-electron chi connectivity index (χ2n) is 6.61. The second-order valence-corrected chi connectivity index (χ2v) is 6.61. The Morgan fingerprint density at radius 1 is 0.875 bits per heavy atom. The first-order chi connectivity index (χ1) is 11.5. The highest BCUT2D eigenvalue weighted by atomic mass is 16.6. The fraction of sp³-hybridized carbons (Fsp3) is 0.800. The van der Waals surface area contributed by atoms with E-state index in [4.69, 9.17) is 4.74 Å². The third kappa shape index (κ3) is 9.74. The van der Waals surface area contributed by atoms with Crippen LogP contribution in [0.4, 0.5) is 0 Å². The van der Waals surface area contributed by atoms with E-state index in [0.717, 1.165) is 25.3 Å². The van der Waals surface area contributed by atoms with Gasteiger partial charge in [0.25, 0.3) is 0 Å². The molecule has 1 N–H and O–H groups in total. The zero-order valence-corrected chi connectivity index (χ0v) is 15.6. The highest BCUT2D eigenvalue weighted by molar-refractivity contribution is 5.86. The zero-order valence-electron chi connectivity index (χ0n) is 15.6. The Hall–Kier alpha value is -1.32. The first kappa shape index (κ1) is 22.7. The molecule has 0 aliphatic heterocycles. The minimum Gasteiger partial charge on any atom is -0.478 e. The zero-order chi connectivity index (χ0) is 18.3. The van der Waals surface area contributed by atoms with Gasteiger partial charge < -0.3 is 9.84 Å². The number of hydrogen-bond acceptors (Lipinski definition) is 3. The maximum absolute atomic E-state index is 11.6. The molecular weight excluding hydrogens is 304 g/mol. The molecule has 0 aliphatic carbocycles. The Morgan fingerprint density at radius 2 is 1.38 bits per heavy atom. The summed E-state index contributed by atoms with van der Waals surface area (Å²) in [6.45, 7) is 7.48. The van der Waals surface area contributed by atoms with E-state index >= 15 is 0 Å². The van der Waals surface area contributed by atoms with E-state index in [-0.39, 0.29) is 0 Å². The van der Waals surface area contributed by atoms with Crippen LogP contribution in [0.5, 0.6) is 0 Å². The summed E-state index contributed by atoms with van der Waals surface area (Å²) in [5.74, 6) is -1.70. The monoisotopic (exact) mass is 340 g/mol. The summed E-state index contributed by atoms with van der Waals surface area (Å²) < 4.78 is 5.22. The van der Waals surface area contributed by atoms with Gasteiger partial charge in [-0.05, 0) is 19.3 Å². The van der Waals surface area contributed by atoms with Crippen molar-refractivity contribution in [3.05, 3.63) is 12.7 Å². The molecule has 0 aromatic rings. The fourth-order valence-electron chi connectivity index (χ4n) is 3.02. The van der Waals surface area contributed by atoms with Gasteiger partial charge in [-0.1, -0.05) is 84.6 Å². The normalized spacial score (nSPS) is 13.2. The number of carboxylic acid groups (broad SMARTS) is 1. The molecule has 0 radical (unpaired) electrons. The third-order valence-corrected chi connectivity index (χ3v) is 4.44. The van der Waals surface area contributed by atoms with Crippen LogP contribution in [-0.2, 0) is 14.3 Å². The van der Waals surface area contributed by atoms with Gasteiger partial charge in [-0.2, -0.15) is 0 Å². The summed E-state index contributed by atoms with van der Waals surface area (Å²) in [6.07, 6.45) is 14.3. The van der Waals surface area contributed by atoms with Crippen LogP contribution >= 0.6 is 0 Å². The summed E-state index contributed by atoms with van der Waals surface area (Å²) in [7, 11) is 0. The van der Waals surface area contributed by atoms with Crippen molar-refractivity contribution < 1.29 is 19.4 Å². The van der Waals surface area contributed by atoms with Gasteiger partial charge in [0.15, 0.2) is 0 Å². The number of carboxylic acids is 1. The van der Waals surface area contributed by atoms with E-state index in [2.05, 4.69) is 13.5 Å². The van der Waals surface area contributed by atoms with Crippen molar-refractivity contribution in [2.45, 2.75) is 103 Å². The van der Waals surface area contributed by atoms with Gasteiger partial charge in [0.05, 0.1) is 0 Å². The Morgan fingerprint density at radius 3 is 1.79 bits per heavy atom. The average Bonchev–Trinajstić information content (AvgIpc) is 2.56. The molecule has 0 fully saturated rings. The van der Waals surface area contributed by atoms with Gasteiger partial charge >= 0.3 is 11.9 Å². The molecule has 0 rings (SSSR count). The Balaban J connectivity index is 4.08. The van der Waals surface area contributed by atoms with E-state index < -0.39 is 17.5 Å². The average molecular weight is 341 g/mol. The van der Waals surface area contributed by atoms with E-state index in [1.165, 1.54) is 44.9 Å². The molecule has 140 valence electrons. The van der Waals surface area contributed by atoms with Crippen LogP contribution < -0.4 is 0 Å². The Kier molecular flexibility index (Phi) is 13.3. The van der Waals surface area contributed by atoms with Crippen LogP contribution in [0.1, 0.15) is 97.3 Å². The van der Waals surface area contributed by atoms with Gasteiger partial charge in [0, 0.05) is 6.08 Å². The molecule has 0 spiro atoms. The highest BCUT2D eigenvalue weighted by Crippen LogP contribution is 2.27. The topological polar surface area (TPSA) is 63.6 Å². The molecule has 24 heavy (non-hydrogen) atoms. The number of carbonyl (C=O) groups excluding carboxylic acids is 1. The molecule has 0 heterocycles. The summed E-state index contributed by atoms with van der Waals surface area (Å²) in [6, 6.07) is 0. The summed E-state index contributed by atoms with van der Waals surface area (Å²) in [4.78, 5) is 23.1. The smallest absolute Gasteiger partial charge is 0.348 e. The van der Waals surface area contributed by atoms with Crippen molar-refractivity contribution in [1.82, 2.24) is 0 Å². The van der Waals surface area contributed by atoms with Crippen molar-refractivity contribution in [3.8, 4) is 0 Å². The van der Waals surface area contributed by atoms with Gasteiger partial charge in [-0.3, -0.25) is 0 Å². The predicted octanol–water partition coefficient (Wildman–Crippen LogP) is 5.65. The maximum atomic E-state index is 11.6. The molecule has 0 aromatic carbocycles. The number of esters is 1. The van der Waals surface area contributed by atoms with Crippen molar-refractivity contribution >= 4 is 11.9 Å². The molecule has 0 saturated carbocycles. The molecule has 0 bridgehead atoms. The molecule has 1 unspecified atom stereocenters. The number of aliphatic carboxylic acids is 1. The fourth-order valence-corrected chi connectivity index (χ4v) is 3.02. The first-order valence-corrected chi connectivity index (χ1v) is 9.61. The molecule has 4 heteroatoms. The van der Waals surface area contributed by atoms with Gasteiger partial charge in [-0.15, -0.1) is 0 Å². The summed E-state index contributed by atoms with van der Waals surface area (Å²) in [5.41, 5.74) is -1.39. The molecule has 1 atom stereocenters. The van der Waals surface area contributed by atoms with Crippen molar-refractivity contribution in [3.63, 3.8) is 0 Å². The molecular formula is C20H36O4. The lowest BCUT2D eigenvalue weighted by atomic mass is 9.90. The molecule has 0 aliphatic rings. The second kappa shape index (κ2) is 14.1. The molecule has 0 saturated heterocycles. The number of carbonyl (C=O) groups is 2. The first-order valence-electron chi connectivity index (χ1n) is 9.61. The predicted molar refractivity (Wildman–Crippen MR) is 98.0 cm³/mol. The van der Waals surface area contributed by atoms with Crippen LogP contribution in [0.15, 0.2) is 12.7 Å². The van der Waals surface area contributed by atoms with Crippen LogP contribution in [-0.4, -0.2) is 22.6 Å². The lowest BCUT2D eigenvalue weighted by molar-refractivity contribution is -0.177. The molecule has 0 aromatic heterocycles. The van der Waals surface area contributed by atoms with Crippen LogP contribution in [0.25, 0.3) is 0 Å².